The number of amides is 1. The lowest BCUT2D eigenvalue weighted by Crippen LogP contribution is -2.31. The van der Waals surface area contributed by atoms with Gasteiger partial charge < -0.3 is 15.0 Å². The van der Waals surface area contributed by atoms with Gasteiger partial charge in [-0.05, 0) is 73.8 Å². The van der Waals surface area contributed by atoms with E-state index in [1.807, 2.05) is 12.1 Å². The number of halogens is 1. The van der Waals surface area contributed by atoms with Crippen molar-refractivity contribution < 1.29 is 13.9 Å². The van der Waals surface area contributed by atoms with Gasteiger partial charge in [-0.15, -0.1) is 0 Å². The molecule has 31 heavy (non-hydrogen) atoms. The van der Waals surface area contributed by atoms with Crippen molar-refractivity contribution in [2.75, 3.05) is 33.3 Å². The number of rotatable bonds is 14. The van der Waals surface area contributed by atoms with E-state index in [4.69, 9.17) is 4.74 Å². The van der Waals surface area contributed by atoms with Crippen LogP contribution >= 0.6 is 0 Å². The van der Waals surface area contributed by atoms with Crippen molar-refractivity contribution >= 4 is 12.0 Å². The van der Waals surface area contributed by atoms with Gasteiger partial charge in [-0.3, -0.25) is 4.79 Å². The maximum absolute atomic E-state index is 12.9. The van der Waals surface area contributed by atoms with Crippen LogP contribution in [0.25, 0.3) is 6.08 Å². The van der Waals surface area contributed by atoms with E-state index in [1.165, 1.54) is 43.0 Å². The summed E-state index contributed by atoms with van der Waals surface area (Å²) in [5.74, 6) is 0.477. The van der Waals surface area contributed by atoms with Crippen LogP contribution in [-0.2, 0) is 11.2 Å². The molecule has 0 aromatic heterocycles. The van der Waals surface area contributed by atoms with Crippen molar-refractivity contribution in [2.24, 2.45) is 0 Å². The molecule has 2 aromatic rings. The molecular weight excluding hydrogens is 391 g/mol. The number of nitrogens with zero attached hydrogens (tertiary/aromatic N) is 1. The summed E-state index contributed by atoms with van der Waals surface area (Å²) in [6.07, 6.45) is 8.75. The Morgan fingerprint density at radius 1 is 1.00 bits per heavy atom. The van der Waals surface area contributed by atoms with Crippen LogP contribution in [0.15, 0.2) is 54.6 Å². The van der Waals surface area contributed by atoms with Gasteiger partial charge in [0, 0.05) is 19.2 Å². The fourth-order valence-electron chi connectivity index (χ4n) is 3.32. The van der Waals surface area contributed by atoms with E-state index >= 15 is 0 Å². The van der Waals surface area contributed by atoms with Gasteiger partial charge in [0.25, 0.3) is 0 Å². The highest BCUT2D eigenvalue weighted by atomic mass is 19.1. The molecule has 0 radical (unpaired) electrons. The Kier molecular flexibility index (Phi) is 11.4. The van der Waals surface area contributed by atoms with E-state index in [2.05, 4.69) is 29.3 Å². The largest absolute Gasteiger partial charge is 0.497 e. The Morgan fingerprint density at radius 2 is 1.71 bits per heavy atom. The number of benzene rings is 2. The number of nitrogens with one attached hydrogen (secondary N) is 1. The third kappa shape index (κ3) is 10.3. The second-order valence-corrected chi connectivity index (χ2v) is 7.68. The van der Waals surface area contributed by atoms with Crippen molar-refractivity contribution in [1.82, 2.24) is 10.2 Å². The van der Waals surface area contributed by atoms with Crippen LogP contribution in [-0.4, -0.2) is 44.1 Å². The third-order valence-corrected chi connectivity index (χ3v) is 5.20. The monoisotopic (exact) mass is 426 g/mol. The maximum atomic E-state index is 12.9. The minimum atomic E-state index is -0.280. The molecule has 0 atom stereocenters. The van der Waals surface area contributed by atoms with Crippen LogP contribution in [0, 0.1) is 5.82 Å². The molecule has 0 aliphatic heterocycles. The number of hydrogen-bond donors (Lipinski definition) is 1. The second kappa shape index (κ2) is 14.4. The van der Waals surface area contributed by atoms with Gasteiger partial charge in [-0.1, -0.05) is 44.0 Å². The molecule has 0 saturated carbocycles. The summed E-state index contributed by atoms with van der Waals surface area (Å²) in [6.45, 7) is 5.91. The molecule has 0 heterocycles. The predicted octanol–water partition coefficient (Wildman–Crippen LogP) is 5.09. The highest BCUT2D eigenvalue weighted by Gasteiger charge is 2.06. The molecule has 0 aliphatic carbocycles. The third-order valence-electron chi connectivity index (χ3n) is 5.20. The van der Waals surface area contributed by atoms with E-state index in [0.717, 1.165) is 43.8 Å². The van der Waals surface area contributed by atoms with Crippen molar-refractivity contribution in [2.45, 2.75) is 39.0 Å². The summed E-state index contributed by atoms with van der Waals surface area (Å²) in [4.78, 5) is 14.5. The van der Waals surface area contributed by atoms with Gasteiger partial charge in [0.15, 0.2) is 0 Å². The van der Waals surface area contributed by atoms with Crippen molar-refractivity contribution in [1.29, 1.82) is 0 Å². The zero-order valence-electron chi connectivity index (χ0n) is 18.8. The molecule has 1 amide bonds. The van der Waals surface area contributed by atoms with Gasteiger partial charge in [0.1, 0.15) is 11.6 Å². The molecule has 1 N–H and O–H groups in total. The van der Waals surface area contributed by atoms with E-state index in [-0.39, 0.29) is 11.7 Å². The van der Waals surface area contributed by atoms with Crippen molar-refractivity contribution in [3.8, 4) is 5.75 Å². The summed E-state index contributed by atoms with van der Waals surface area (Å²) >= 11 is 0. The zero-order chi connectivity index (χ0) is 22.3. The lowest BCUT2D eigenvalue weighted by molar-refractivity contribution is -0.116. The van der Waals surface area contributed by atoms with E-state index < -0.39 is 0 Å². The van der Waals surface area contributed by atoms with Gasteiger partial charge in [-0.25, -0.2) is 4.39 Å². The molecule has 2 aromatic carbocycles. The topological polar surface area (TPSA) is 41.6 Å². The number of methoxy groups -OCH3 is 1. The van der Waals surface area contributed by atoms with E-state index in [1.54, 1.807) is 25.3 Å². The molecule has 2 rings (SSSR count). The molecule has 0 spiro atoms. The molecule has 168 valence electrons. The number of ether oxygens (including phenoxy) is 1. The van der Waals surface area contributed by atoms with Crippen LogP contribution in [0.1, 0.15) is 43.7 Å². The Hall–Kier alpha value is -2.66. The fourth-order valence-corrected chi connectivity index (χ4v) is 3.32. The van der Waals surface area contributed by atoms with E-state index in [0.29, 0.717) is 6.54 Å². The maximum Gasteiger partial charge on any atom is 0.243 e. The summed E-state index contributed by atoms with van der Waals surface area (Å²) in [5.41, 5.74) is 2.11. The van der Waals surface area contributed by atoms with E-state index in [9.17, 15) is 9.18 Å². The van der Waals surface area contributed by atoms with Crippen LogP contribution in [0.3, 0.4) is 0 Å². The second-order valence-electron chi connectivity index (χ2n) is 7.68. The lowest BCUT2D eigenvalue weighted by Gasteiger charge is -2.22. The Morgan fingerprint density at radius 3 is 2.39 bits per heavy atom. The minimum Gasteiger partial charge on any atom is -0.497 e. The summed E-state index contributed by atoms with van der Waals surface area (Å²) < 4.78 is 18.2. The Balaban J connectivity index is 1.72. The molecule has 0 aliphatic rings. The van der Waals surface area contributed by atoms with Gasteiger partial charge >= 0.3 is 0 Å². The SMILES string of the molecule is CCCCCN(CCCNC(=O)/C=C/c1ccc(F)cc1)CCc1ccc(OC)cc1. The Bertz CT molecular complexity index is 788. The number of unbranched alkanes of at least 4 members (excludes halogenated alkanes) is 2. The first-order chi connectivity index (χ1) is 15.1. The minimum absolute atomic E-state index is 0.125. The van der Waals surface area contributed by atoms with Crippen LogP contribution in [0.2, 0.25) is 0 Å². The predicted molar refractivity (Wildman–Crippen MR) is 126 cm³/mol. The summed E-state index contributed by atoms with van der Waals surface area (Å²) in [5, 5.41) is 2.93. The number of hydrogen-bond acceptors (Lipinski definition) is 3. The first kappa shape index (κ1) is 24.6. The van der Waals surface area contributed by atoms with Crippen molar-refractivity contribution in [3.05, 3.63) is 71.6 Å². The molecule has 4 nitrogen and oxygen atoms in total. The first-order valence-electron chi connectivity index (χ1n) is 11.2. The lowest BCUT2D eigenvalue weighted by atomic mass is 10.1. The smallest absolute Gasteiger partial charge is 0.243 e. The summed E-state index contributed by atoms with van der Waals surface area (Å²) in [6, 6.07) is 14.3. The molecule has 5 heteroatoms. The highest BCUT2D eigenvalue weighted by Crippen LogP contribution is 2.12. The fraction of sp³-hybridized carbons (Fsp3) is 0.423. The van der Waals surface area contributed by atoms with Gasteiger partial charge in [-0.2, -0.15) is 0 Å². The zero-order valence-corrected chi connectivity index (χ0v) is 18.8. The van der Waals surface area contributed by atoms with Gasteiger partial charge in [0.05, 0.1) is 7.11 Å². The number of carbonyl (C=O) groups excluding carboxylic acids is 1. The molecule has 0 fully saturated rings. The average molecular weight is 427 g/mol. The van der Waals surface area contributed by atoms with Crippen LogP contribution in [0.4, 0.5) is 4.39 Å². The normalized spacial score (nSPS) is 11.2. The standard InChI is InChI=1S/C26H35FN2O2/c1-3-4-5-19-29(21-17-23-9-14-25(31-2)15-10-23)20-6-18-28-26(30)16-11-22-7-12-24(27)13-8-22/h7-16H,3-6,17-21H2,1-2H3,(H,28,30)/b16-11+. The molecule has 0 saturated heterocycles. The molecule has 0 unspecified atom stereocenters. The molecular formula is C26H35FN2O2. The highest BCUT2D eigenvalue weighted by molar-refractivity contribution is 5.91. The quantitative estimate of drug-likeness (QED) is 0.338. The van der Waals surface area contributed by atoms with Crippen LogP contribution in [0.5, 0.6) is 5.75 Å². The first-order valence-corrected chi connectivity index (χ1v) is 11.2. The summed E-state index contributed by atoms with van der Waals surface area (Å²) in [7, 11) is 1.68. The van der Waals surface area contributed by atoms with Gasteiger partial charge in [0.2, 0.25) is 5.91 Å². The Labute approximate surface area is 186 Å². The molecule has 0 bridgehead atoms. The number of carbonyl (C=O) groups is 1. The van der Waals surface area contributed by atoms with Crippen LogP contribution < -0.4 is 10.1 Å². The van der Waals surface area contributed by atoms with Crippen molar-refractivity contribution in [3.63, 3.8) is 0 Å². The average Bonchev–Trinajstić information content (AvgIpc) is 2.79.